The first-order valence-corrected chi connectivity index (χ1v) is 14.5. The Morgan fingerprint density at radius 1 is 1.02 bits per heavy atom. The van der Waals surface area contributed by atoms with Gasteiger partial charge in [0.25, 0.3) is 0 Å². The van der Waals surface area contributed by atoms with Crippen LogP contribution in [0.1, 0.15) is 68.6 Å². The lowest BCUT2D eigenvalue weighted by Crippen LogP contribution is -2.74. The number of nitrogens with zero attached hydrogens (tertiary/aromatic N) is 2. The van der Waals surface area contributed by atoms with Crippen molar-refractivity contribution < 1.29 is 34.2 Å². The van der Waals surface area contributed by atoms with Crippen LogP contribution < -0.4 is 5.73 Å². The zero-order valence-corrected chi connectivity index (χ0v) is 25.0. The van der Waals surface area contributed by atoms with Gasteiger partial charge in [0, 0.05) is 25.0 Å². The Bertz CT molecular complexity index is 1280. The Morgan fingerprint density at radius 2 is 1.61 bits per heavy atom. The maximum Gasteiger partial charge on any atom is 0.235 e. The van der Waals surface area contributed by atoms with Crippen molar-refractivity contribution in [1.82, 2.24) is 9.80 Å². The number of hydrogen-bond acceptors (Lipinski definition) is 9. The fourth-order valence-electron chi connectivity index (χ4n) is 7.55. The van der Waals surface area contributed by atoms with Crippen LogP contribution in [0.4, 0.5) is 0 Å². The van der Waals surface area contributed by atoms with Gasteiger partial charge in [-0.15, -0.1) is 0 Å². The zero-order valence-electron chi connectivity index (χ0n) is 25.0. The molecule has 7 atom stereocenters. The first-order valence-electron chi connectivity index (χ1n) is 14.5. The molecule has 3 aliphatic carbocycles. The molecule has 1 aromatic rings. The normalized spacial score (nSPS) is 30.6. The molecule has 0 heterocycles. The second-order valence-corrected chi connectivity index (χ2v) is 13.2. The second-order valence-electron chi connectivity index (χ2n) is 13.2. The van der Waals surface area contributed by atoms with Crippen molar-refractivity contribution in [3.05, 3.63) is 28.8 Å². The smallest absolute Gasteiger partial charge is 0.235 e. The Balaban J connectivity index is 1.83. The summed E-state index contributed by atoms with van der Waals surface area (Å²) < 4.78 is 0. The van der Waals surface area contributed by atoms with E-state index in [2.05, 4.69) is 39.5 Å². The number of Topliss-reactive ketones (excluding diaryl/α,β-unsaturated/α-hetero) is 4. The van der Waals surface area contributed by atoms with Crippen LogP contribution in [-0.4, -0.2) is 87.9 Å². The number of carbonyl (C=O) groups excluding carboxylic acids is 5. The molecule has 0 radical (unpaired) electrons. The molecule has 0 saturated heterocycles. The molecule has 0 aliphatic heterocycles. The summed E-state index contributed by atoms with van der Waals surface area (Å²) in [7, 11) is 3.15. The number of carbonyl (C=O) groups is 5. The van der Waals surface area contributed by atoms with Crippen LogP contribution in [0.15, 0.2) is 12.1 Å². The molecule has 0 bridgehead atoms. The minimum absolute atomic E-state index is 0.0368. The number of amides is 1. The molecular weight excluding hydrogens is 526 g/mol. The third kappa shape index (κ3) is 4.93. The SMILES string of the molecule is CC(C)CN(CC(C)C)C(C)c1ccc(O)c2c1CC1CC3C(N(C)C)C(=O)C(C(N)=O)C(=O)C3(O)C(=O)C1C2=O. The van der Waals surface area contributed by atoms with Crippen molar-refractivity contribution in [2.24, 2.45) is 41.2 Å². The Kier molecular flexibility index (Phi) is 8.34. The molecule has 2 fully saturated rings. The highest BCUT2D eigenvalue weighted by atomic mass is 16.3. The molecule has 0 aromatic heterocycles. The number of nitrogens with two attached hydrogens (primary N) is 1. The van der Waals surface area contributed by atoms with E-state index in [0.717, 1.165) is 18.7 Å². The molecule has 1 aromatic carbocycles. The van der Waals surface area contributed by atoms with E-state index >= 15 is 0 Å². The molecule has 10 nitrogen and oxygen atoms in total. The van der Waals surface area contributed by atoms with Gasteiger partial charge in [-0.25, -0.2) is 0 Å². The molecular formula is C31H43N3O7. The van der Waals surface area contributed by atoms with Crippen LogP contribution in [0.25, 0.3) is 0 Å². The van der Waals surface area contributed by atoms with E-state index in [9.17, 15) is 34.2 Å². The minimum Gasteiger partial charge on any atom is -0.507 e. The van der Waals surface area contributed by atoms with E-state index in [1.165, 1.54) is 11.0 Å². The lowest BCUT2D eigenvalue weighted by molar-refractivity contribution is -0.181. The van der Waals surface area contributed by atoms with Crippen molar-refractivity contribution in [3.8, 4) is 5.75 Å². The number of phenols is 1. The number of primary amides is 1. The van der Waals surface area contributed by atoms with Crippen molar-refractivity contribution >= 4 is 29.0 Å². The number of aliphatic hydroxyl groups is 1. The van der Waals surface area contributed by atoms with E-state index in [1.54, 1.807) is 14.1 Å². The Labute approximate surface area is 241 Å². The van der Waals surface area contributed by atoms with E-state index in [0.29, 0.717) is 17.4 Å². The molecule has 10 heteroatoms. The lowest BCUT2D eigenvalue weighted by Gasteiger charge is -2.52. The van der Waals surface area contributed by atoms with Crippen molar-refractivity contribution in [1.29, 1.82) is 0 Å². The van der Waals surface area contributed by atoms with E-state index in [4.69, 9.17) is 5.73 Å². The summed E-state index contributed by atoms with van der Waals surface area (Å²) in [5.41, 5.74) is 4.24. The fraction of sp³-hybridized carbons (Fsp3) is 0.645. The highest BCUT2D eigenvalue weighted by molar-refractivity contribution is 6.32. The summed E-state index contributed by atoms with van der Waals surface area (Å²) in [4.78, 5) is 70.7. The summed E-state index contributed by atoms with van der Waals surface area (Å²) in [6.07, 6.45) is 0.298. The molecule has 2 saturated carbocycles. The first-order chi connectivity index (χ1) is 19.0. The van der Waals surface area contributed by atoms with E-state index in [1.807, 2.05) is 6.07 Å². The second kappa shape index (κ2) is 11.0. The van der Waals surface area contributed by atoms with Crippen LogP contribution in [-0.2, 0) is 25.6 Å². The van der Waals surface area contributed by atoms with Gasteiger partial charge in [0.1, 0.15) is 5.75 Å². The standard InChI is InChI=1S/C31H43N3O7/c1-14(2)12-34(13-15(3)4)16(5)18-8-9-21(35)23-19(18)10-17-11-20-25(33(6)7)27(37)24(30(32)40)29(39)31(20,41)28(38)22(17)26(23)36/h8-9,14-17,20,22,24-25,35,41H,10-13H2,1-7H3,(H2,32,40). The molecule has 41 heavy (non-hydrogen) atoms. The van der Waals surface area contributed by atoms with Gasteiger partial charge in [-0.1, -0.05) is 33.8 Å². The third-order valence-corrected chi connectivity index (χ3v) is 9.18. The molecule has 0 spiro atoms. The number of hydrogen-bond donors (Lipinski definition) is 3. The minimum atomic E-state index is -2.72. The van der Waals surface area contributed by atoms with Gasteiger partial charge in [0.05, 0.1) is 17.5 Å². The maximum absolute atomic E-state index is 14.0. The van der Waals surface area contributed by atoms with Crippen molar-refractivity contribution in [2.75, 3.05) is 27.2 Å². The van der Waals surface area contributed by atoms with Gasteiger partial charge in [0.15, 0.2) is 34.7 Å². The number of ketones is 4. The van der Waals surface area contributed by atoms with Crippen LogP contribution in [0.3, 0.4) is 0 Å². The van der Waals surface area contributed by atoms with Gasteiger partial charge in [-0.2, -0.15) is 0 Å². The van der Waals surface area contributed by atoms with Crippen LogP contribution in [0.5, 0.6) is 5.75 Å². The topological polar surface area (TPSA) is 158 Å². The van der Waals surface area contributed by atoms with Gasteiger partial charge < -0.3 is 15.9 Å². The summed E-state index contributed by atoms with van der Waals surface area (Å²) in [5, 5.41) is 22.6. The van der Waals surface area contributed by atoms with E-state index in [-0.39, 0.29) is 30.2 Å². The fourth-order valence-corrected chi connectivity index (χ4v) is 7.55. The van der Waals surface area contributed by atoms with Crippen molar-refractivity contribution in [3.63, 3.8) is 0 Å². The molecule has 4 N–H and O–H groups in total. The van der Waals surface area contributed by atoms with Gasteiger partial charge in [-0.3, -0.25) is 33.8 Å². The summed E-state index contributed by atoms with van der Waals surface area (Å²) in [6, 6.07) is 2.09. The van der Waals surface area contributed by atoms with E-state index < -0.39 is 64.4 Å². The molecule has 3 aliphatic rings. The average molecular weight is 570 g/mol. The largest absolute Gasteiger partial charge is 0.507 e. The lowest BCUT2D eigenvalue weighted by atomic mass is 9.52. The summed E-state index contributed by atoms with van der Waals surface area (Å²) >= 11 is 0. The summed E-state index contributed by atoms with van der Waals surface area (Å²) in [6.45, 7) is 12.3. The molecule has 7 unspecified atom stereocenters. The number of aromatic hydroxyl groups is 1. The molecule has 1 amide bonds. The van der Waals surface area contributed by atoms with Crippen LogP contribution in [0, 0.1) is 35.5 Å². The highest BCUT2D eigenvalue weighted by Gasteiger charge is 2.69. The predicted octanol–water partition coefficient (Wildman–Crippen LogP) is 1.54. The number of fused-ring (bicyclic) bond motifs is 3. The average Bonchev–Trinajstić information content (AvgIpc) is 2.84. The quantitative estimate of drug-likeness (QED) is 0.395. The highest BCUT2D eigenvalue weighted by Crippen LogP contribution is 2.51. The third-order valence-electron chi connectivity index (χ3n) is 9.18. The first kappa shape index (κ1) is 31.0. The maximum atomic E-state index is 14.0. The number of phenolic OH excluding ortho intramolecular Hbond substituents is 1. The van der Waals surface area contributed by atoms with Crippen LogP contribution in [0.2, 0.25) is 0 Å². The predicted molar refractivity (Wildman–Crippen MR) is 151 cm³/mol. The monoisotopic (exact) mass is 569 g/mol. The molecule has 224 valence electrons. The Hall–Kier alpha value is -2.95. The zero-order chi connectivity index (χ0) is 30.7. The van der Waals surface area contributed by atoms with Gasteiger partial charge >= 0.3 is 0 Å². The van der Waals surface area contributed by atoms with Gasteiger partial charge in [-0.05, 0) is 68.8 Å². The number of benzene rings is 1. The van der Waals surface area contributed by atoms with Gasteiger partial charge in [0.2, 0.25) is 5.91 Å². The molecule has 4 rings (SSSR count). The summed E-state index contributed by atoms with van der Waals surface area (Å²) in [5.74, 6) is -9.50. The van der Waals surface area contributed by atoms with Crippen LogP contribution >= 0.6 is 0 Å². The number of rotatable bonds is 8. The van der Waals surface area contributed by atoms with Crippen molar-refractivity contribution in [2.45, 2.75) is 65.1 Å². The number of likely N-dealkylation sites (N-methyl/N-ethyl adjacent to an activating group) is 1. The Morgan fingerprint density at radius 3 is 2.12 bits per heavy atom.